The molecular formula is C12H12ClN3O2S. The van der Waals surface area contributed by atoms with Crippen molar-refractivity contribution in [3.8, 4) is 0 Å². The highest BCUT2D eigenvalue weighted by molar-refractivity contribution is 7.92. The maximum atomic E-state index is 12.2. The van der Waals surface area contributed by atoms with Gasteiger partial charge >= 0.3 is 0 Å². The number of nitrogens with two attached hydrogens (primary N) is 1. The van der Waals surface area contributed by atoms with Crippen LogP contribution >= 0.6 is 11.6 Å². The normalized spacial score (nSPS) is 11.3. The molecule has 0 amide bonds. The third-order valence-corrected chi connectivity index (χ3v) is 4.24. The van der Waals surface area contributed by atoms with E-state index in [9.17, 15) is 8.42 Å². The highest BCUT2D eigenvalue weighted by Crippen LogP contribution is 2.25. The van der Waals surface area contributed by atoms with Crippen LogP contribution in [0, 0.1) is 6.92 Å². The van der Waals surface area contributed by atoms with Gasteiger partial charge in [-0.3, -0.25) is 9.71 Å². The van der Waals surface area contributed by atoms with Crippen LogP contribution < -0.4 is 10.5 Å². The fourth-order valence-electron chi connectivity index (χ4n) is 1.56. The molecule has 2 rings (SSSR count). The Bertz CT molecular complexity index is 717. The summed E-state index contributed by atoms with van der Waals surface area (Å²) in [5.41, 5.74) is 7.17. The van der Waals surface area contributed by atoms with Gasteiger partial charge in [0.1, 0.15) is 4.90 Å². The molecule has 19 heavy (non-hydrogen) atoms. The van der Waals surface area contributed by atoms with E-state index in [1.165, 1.54) is 24.4 Å². The Hall–Kier alpha value is -1.79. The summed E-state index contributed by atoms with van der Waals surface area (Å²) in [6, 6.07) is 5.92. The van der Waals surface area contributed by atoms with E-state index in [1.54, 1.807) is 12.3 Å². The summed E-state index contributed by atoms with van der Waals surface area (Å²) in [5.74, 6) is 0. The first-order valence-electron chi connectivity index (χ1n) is 5.38. The first-order chi connectivity index (χ1) is 8.88. The molecule has 0 unspecified atom stereocenters. The third-order valence-electron chi connectivity index (χ3n) is 2.37. The van der Waals surface area contributed by atoms with Gasteiger partial charge < -0.3 is 5.73 Å². The number of benzene rings is 1. The molecule has 3 N–H and O–H groups in total. The molecule has 0 spiro atoms. The van der Waals surface area contributed by atoms with Crippen LogP contribution in [-0.4, -0.2) is 13.4 Å². The van der Waals surface area contributed by atoms with E-state index in [-0.39, 0.29) is 9.92 Å². The lowest BCUT2D eigenvalue weighted by Crippen LogP contribution is -2.13. The predicted octanol–water partition coefficient (Wildman–Crippen LogP) is 2.43. The minimum atomic E-state index is -3.76. The van der Waals surface area contributed by atoms with Crippen molar-refractivity contribution in [1.82, 2.24) is 4.98 Å². The van der Waals surface area contributed by atoms with Crippen LogP contribution in [0.5, 0.6) is 0 Å². The SMILES string of the molecule is Cc1cncc(NS(=O)(=O)c2ccc(N)cc2Cl)c1. The molecule has 1 aromatic carbocycles. The quantitative estimate of drug-likeness (QED) is 0.852. The number of rotatable bonds is 3. The van der Waals surface area contributed by atoms with E-state index in [1.807, 2.05) is 6.92 Å². The van der Waals surface area contributed by atoms with E-state index in [0.29, 0.717) is 11.4 Å². The van der Waals surface area contributed by atoms with Crippen molar-refractivity contribution in [2.24, 2.45) is 0 Å². The molecular weight excluding hydrogens is 286 g/mol. The number of anilines is 2. The van der Waals surface area contributed by atoms with Crippen molar-refractivity contribution in [3.05, 3.63) is 47.2 Å². The number of hydrogen-bond donors (Lipinski definition) is 2. The lowest BCUT2D eigenvalue weighted by atomic mass is 10.3. The second-order valence-electron chi connectivity index (χ2n) is 4.05. The second kappa shape index (κ2) is 5.07. The Morgan fingerprint density at radius 3 is 2.63 bits per heavy atom. The fraction of sp³-hybridized carbons (Fsp3) is 0.0833. The lowest BCUT2D eigenvalue weighted by molar-refractivity contribution is 0.601. The average Bonchev–Trinajstić information content (AvgIpc) is 2.27. The highest BCUT2D eigenvalue weighted by atomic mass is 35.5. The van der Waals surface area contributed by atoms with Crippen LogP contribution in [0.1, 0.15) is 5.56 Å². The molecule has 0 bridgehead atoms. The number of hydrogen-bond acceptors (Lipinski definition) is 4. The van der Waals surface area contributed by atoms with Gasteiger partial charge in [-0.15, -0.1) is 0 Å². The summed E-state index contributed by atoms with van der Waals surface area (Å²) < 4.78 is 26.8. The van der Waals surface area contributed by atoms with Crippen molar-refractivity contribution in [2.45, 2.75) is 11.8 Å². The summed E-state index contributed by atoms with van der Waals surface area (Å²) in [6.45, 7) is 1.82. The monoisotopic (exact) mass is 297 g/mol. The average molecular weight is 298 g/mol. The maximum absolute atomic E-state index is 12.2. The number of nitrogens with one attached hydrogen (secondary N) is 1. The Morgan fingerprint density at radius 2 is 2.00 bits per heavy atom. The van der Waals surface area contributed by atoms with Gasteiger partial charge in [0.2, 0.25) is 0 Å². The molecule has 1 heterocycles. The topological polar surface area (TPSA) is 85.1 Å². The van der Waals surface area contributed by atoms with E-state index in [2.05, 4.69) is 9.71 Å². The summed E-state index contributed by atoms with van der Waals surface area (Å²) >= 11 is 5.90. The first-order valence-corrected chi connectivity index (χ1v) is 7.24. The Kier molecular flexibility index (Phi) is 3.64. The van der Waals surface area contributed by atoms with Gasteiger partial charge in [0.15, 0.2) is 0 Å². The molecule has 0 aliphatic heterocycles. The van der Waals surface area contributed by atoms with Gasteiger partial charge in [0.25, 0.3) is 10.0 Å². The molecule has 0 atom stereocenters. The molecule has 0 aliphatic rings. The molecule has 0 radical (unpaired) electrons. The minimum Gasteiger partial charge on any atom is -0.399 e. The zero-order chi connectivity index (χ0) is 14.0. The highest BCUT2D eigenvalue weighted by Gasteiger charge is 2.18. The molecule has 0 saturated heterocycles. The molecule has 100 valence electrons. The van der Waals surface area contributed by atoms with Crippen LogP contribution in [0.4, 0.5) is 11.4 Å². The van der Waals surface area contributed by atoms with Gasteiger partial charge in [-0.25, -0.2) is 8.42 Å². The third kappa shape index (κ3) is 3.15. The van der Waals surface area contributed by atoms with Crippen LogP contribution in [0.15, 0.2) is 41.6 Å². The zero-order valence-electron chi connectivity index (χ0n) is 10.1. The molecule has 0 fully saturated rings. The largest absolute Gasteiger partial charge is 0.399 e. The number of sulfonamides is 1. The van der Waals surface area contributed by atoms with E-state index in [4.69, 9.17) is 17.3 Å². The lowest BCUT2D eigenvalue weighted by Gasteiger charge is -2.10. The summed E-state index contributed by atoms with van der Waals surface area (Å²) in [6.07, 6.45) is 3.06. The number of pyridine rings is 1. The summed E-state index contributed by atoms with van der Waals surface area (Å²) in [7, 11) is -3.76. The Balaban J connectivity index is 2.38. The van der Waals surface area contributed by atoms with E-state index >= 15 is 0 Å². The van der Waals surface area contributed by atoms with Crippen molar-refractivity contribution in [3.63, 3.8) is 0 Å². The molecule has 1 aromatic heterocycles. The first kappa shape index (κ1) is 13.6. The minimum absolute atomic E-state index is 0.0233. The van der Waals surface area contributed by atoms with Crippen molar-refractivity contribution in [1.29, 1.82) is 0 Å². The van der Waals surface area contributed by atoms with E-state index < -0.39 is 10.0 Å². The van der Waals surface area contributed by atoms with Crippen molar-refractivity contribution < 1.29 is 8.42 Å². The maximum Gasteiger partial charge on any atom is 0.263 e. The van der Waals surface area contributed by atoms with Crippen LogP contribution in [0.25, 0.3) is 0 Å². The standard InChI is InChI=1S/C12H12ClN3O2S/c1-8-4-10(7-15-6-8)16-19(17,18)12-3-2-9(14)5-11(12)13/h2-7,16H,14H2,1H3. The van der Waals surface area contributed by atoms with Crippen LogP contribution in [-0.2, 0) is 10.0 Å². The van der Waals surface area contributed by atoms with Crippen LogP contribution in [0.3, 0.4) is 0 Å². The second-order valence-corrected chi connectivity index (χ2v) is 6.10. The molecule has 0 saturated carbocycles. The van der Waals surface area contributed by atoms with E-state index in [0.717, 1.165) is 5.56 Å². The Morgan fingerprint density at radius 1 is 1.26 bits per heavy atom. The molecule has 5 nitrogen and oxygen atoms in total. The summed E-state index contributed by atoms with van der Waals surface area (Å²) in [5, 5.41) is 0.0770. The number of aromatic nitrogens is 1. The predicted molar refractivity (Wildman–Crippen MR) is 75.6 cm³/mol. The molecule has 0 aliphatic carbocycles. The molecule has 2 aromatic rings. The van der Waals surface area contributed by atoms with Gasteiger partial charge in [-0.1, -0.05) is 11.6 Å². The number of nitrogen functional groups attached to an aromatic ring is 1. The zero-order valence-corrected chi connectivity index (χ0v) is 11.7. The van der Waals surface area contributed by atoms with Gasteiger partial charge in [0, 0.05) is 11.9 Å². The van der Waals surface area contributed by atoms with Gasteiger partial charge in [0.05, 0.1) is 16.9 Å². The molecule has 7 heteroatoms. The number of halogens is 1. The fourth-order valence-corrected chi connectivity index (χ4v) is 3.14. The Labute approximate surface area is 116 Å². The smallest absolute Gasteiger partial charge is 0.263 e. The van der Waals surface area contributed by atoms with Crippen molar-refractivity contribution in [2.75, 3.05) is 10.5 Å². The van der Waals surface area contributed by atoms with Crippen molar-refractivity contribution >= 4 is 33.0 Å². The van der Waals surface area contributed by atoms with Gasteiger partial charge in [-0.05, 0) is 36.8 Å². The van der Waals surface area contributed by atoms with Gasteiger partial charge in [-0.2, -0.15) is 0 Å². The summed E-state index contributed by atoms with van der Waals surface area (Å²) in [4.78, 5) is 3.90. The van der Waals surface area contributed by atoms with Crippen LogP contribution in [0.2, 0.25) is 5.02 Å². The number of aryl methyl sites for hydroxylation is 1. The number of nitrogens with zero attached hydrogens (tertiary/aromatic N) is 1.